The van der Waals surface area contributed by atoms with Crippen LogP contribution in [0.5, 0.6) is 5.75 Å². The lowest BCUT2D eigenvalue weighted by Gasteiger charge is -2.12. The van der Waals surface area contributed by atoms with E-state index < -0.39 is 6.10 Å². The smallest absolute Gasteiger partial charge is 0.314 e. The molecule has 0 unspecified atom stereocenters. The van der Waals surface area contributed by atoms with Crippen LogP contribution in [-0.4, -0.2) is 30.8 Å². The molecule has 0 aliphatic carbocycles. The van der Waals surface area contributed by atoms with Gasteiger partial charge in [-0.25, -0.2) is 4.79 Å². The molecule has 5 nitrogen and oxygen atoms in total. The Kier molecular flexibility index (Phi) is 7.39. The highest BCUT2D eigenvalue weighted by Crippen LogP contribution is 2.19. The summed E-state index contributed by atoms with van der Waals surface area (Å²) in [6.07, 6.45) is -0.251. The van der Waals surface area contributed by atoms with Crippen LogP contribution in [0.15, 0.2) is 54.6 Å². The highest BCUT2D eigenvalue weighted by molar-refractivity contribution is 6.30. The van der Waals surface area contributed by atoms with Gasteiger partial charge in [0, 0.05) is 11.6 Å². The number of carbonyl (C=O) groups excluding carboxylic acids is 1. The molecule has 6 heteroatoms. The normalized spacial score (nSPS) is 11.6. The van der Waals surface area contributed by atoms with Gasteiger partial charge in [-0.15, -0.1) is 0 Å². The molecule has 1 atom stereocenters. The van der Waals surface area contributed by atoms with E-state index >= 15 is 0 Å². The van der Waals surface area contributed by atoms with Crippen LogP contribution in [0.3, 0.4) is 0 Å². The number of hydrogen-bond donors (Lipinski definition) is 3. The summed E-state index contributed by atoms with van der Waals surface area (Å²) >= 11 is 5.89. The van der Waals surface area contributed by atoms with Gasteiger partial charge in [0.2, 0.25) is 0 Å². The molecule has 0 bridgehead atoms. The van der Waals surface area contributed by atoms with Crippen molar-refractivity contribution in [3.8, 4) is 5.75 Å². The first-order chi connectivity index (χ1) is 11.6. The van der Waals surface area contributed by atoms with Gasteiger partial charge in [-0.3, -0.25) is 0 Å². The van der Waals surface area contributed by atoms with E-state index in [0.29, 0.717) is 31.1 Å². The fourth-order valence-corrected chi connectivity index (χ4v) is 2.31. The summed E-state index contributed by atoms with van der Waals surface area (Å²) in [6, 6.07) is 16.2. The molecule has 0 radical (unpaired) electrons. The highest BCUT2D eigenvalue weighted by Gasteiger charge is 2.08. The third-order valence-electron chi connectivity index (χ3n) is 3.34. The third kappa shape index (κ3) is 6.48. The van der Waals surface area contributed by atoms with Crippen molar-refractivity contribution in [2.24, 2.45) is 0 Å². The Balaban J connectivity index is 1.58. The van der Waals surface area contributed by atoms with Crippen LogP contribution in [0.4, 0.5) is 4.79 Å². The summed E-state index contributed by atoms with van der Waals surface area (Å²) in [7, 11) is 0. The Hall–Kier alpha value is -2.24. The van der Waals surface area contributed by atoms with E-state index in [-0.39, 0.29) is 6.03 Å². The van der Waals surface area contributed by atoms with Crippen molar-refractivity contribution in [1.29, 1.82) is 0 Å². The van der Waals surface area contributed by atoms with Crippen LogP contribution in [0.1, 0.15) is 18.1 Å². The maximum absolute atomic E-state index is 11.6. The first kappa shape index (κ1) is 18.1. The number of urea groups is 1. The minimum Gasteiger partial charge on any atom is -0.492 e. The fourth-order valence-electron chi connectivity index (χ4n) is 2.12. The van der Waals surface area contributed by atoms with Crippen LogP contribution in [0, 0.1) is 0 Å². The molecule has 2 aromatic rings. The molecule has 24 heavy (non-hydrogen) atoms. The van der Waals surface area contributed by atoms with E-state index in [0.717, 1.165) is 11.3 Å². The molecule has 0 saturated carbocycles. The van der Waals surface area contributed by atoms with Gasteiger partial charge in [0.15, 0.2) is 0 Å². The van der Waals surface area contributed by atoms with Crippen molar-refractivity contribution in [3.63, 3.8) is 0 Å². The summed E-state index contributed by atoms with van der Waals surface area (Å²) in [5, 5.41) is 16.0. The molecule has 0 fully saturated rings. The van der Waals surface area contributed by atoms with E-state index in [1.807, 2.05) is 30.3 Å². The number of amides is 2. The molecule has 0 aromatic heterocycles. The van der Waals surface area contributed by atoms with E-state index in [2.05, 4.69) is 10.6 Å². The van der Waals surface area contributed by atoms with Gasteiger partial charge in [0.25, 0.3) is 0 Å². The SMILES string of the molecule is O=C(NCCOc1ccccc1)NCC[C@H](O)c1cccc(Cl)c1. The molecule has 0 aliphatic heterocycles. The number of benzene rings is 2. The second-order valence-electron chi connectivity index (χ2n) is 5.20. The van der Waals surface area contributed by atoms with E-state index in [1.54, 1.807) is 24.3 Å². The summed E-state index contributed by atoms with van der Waals surface area (Å²) in [6.45, 7) is 1.15. The number of ether oxygens (including phenoxy) is 1. The molecule has 0 heterocycles. The Morgan fingerprint density at radius 1 is 1.08 bits per heavy atom. The Bertz CT molecular complexity index is 637. The van der Waals surface area contributed by atoms with Crippen LogP contribution in [-0.2, 0) is 0 Å². The second kappa shape index (κ2) is 9.80. The summed E-state index contributed by atoms with van der Waals surface area (Å²) in [5.74, 6) is 0.768. The molecule has 2 rings (SSSR count). The predicted octanol–water partition coefficient (Wildman–Crippen LogP) is 3.14. The molecular weight excluding hydrogens is 328 g/mol. The Labute approximate surface area is 146 Å². The van der Waals surface area contributed by atoms with E-state index in [4.69, 9.17) is 16.3 Å². The van der Waals surface area contributed by atoms with E-state index in [1.165, 1.54) is 0 Å². The van der Waals surface area contributed by atoms with Crippen molar-refractivity contribution in [3.05, 3.63) is 65.2 Å². The van der Waals surface area contributed by atoms with Gasteiger partial charge < -0.3 is 20.5 Å². The topological polar surface area (TPSA) is 70.6 Å². The molecule has 2 aromatic carbocycles. The number of carbonyl (C=O) groups is 1. The van der Waals surface area contributed by atoms with Crippen molar-refractivity contribution < 1.29 is 14.6 Å². The predicted molar refractivity (Wildman–Crippen MR) is 94.4 cm³/mol. The minimum absolute atomic E-state index is 0.287. The van der Waals surface area contributed by atoms with Crippen molar-refractivity contribution in [1.82, 2.24) is 10.6 Å². The Morgan fingerprint density at radius 3 is 2.58 bits per heavy atom. The van der Waals surface area contributed by atoms with Gasteiger partial charge in [0.05, 0.1) is 12.6 Å². The summed E-state index contributed by atoms with van der Waals surface area (Å²) < 4.78 is 5.47. The van der Waals surface area contributed by atoms with Gasteiger partial charge in [-0.1, -0.05) is 41.9 Å². The first-order valence-corrected chi connectivity index (χ1v) is 8.16. The van der Waals surface area contributed by atoms with Crippen LogP contribution >= 0.6 is 11.6 Å². The molecule has 128 valence electrons. The zero-order chi connectivity index (χ0) is 17.2. The molecule has 0 aliphatic rings. The number of para-hydroxylation sites is 1. The quantitative estimate of drug-likeness (QED) is 0.642. The Morgan fingerprint density at radius 2 is 1.83 bits per heavy atom. The van der Waals surface area contributed by atoms with Gasteiger partial charge in [-0.2, -0.15) is 0 Å². The number of aliphatic hydroxyl groups excluding tert-OH is 1. The van der Waals surface area contributed by atoms with Crippen molar-refractivity contribution in [2.45, 2.75) is 12.5 Å². The maximum Gasteiger partial charge on any atom is 0.314 e. The highest BCUT2D eigenvalue weighted by atomic mass is 35.5. The fraction of sp³-hybridized carbons (Fsp3) is 0.278. The molecule has 0 saturated heterocycles. The van der Waals surface area contributed by atoms with E-state index in [9.17, 15) is 9.90 Å². The summed E-state index contributed by atoms with van der Waals surface area (Å²) in [4.78, 5) is 11.6. The lowest BCUT2D eigenvalue weighted by atomic mass is 10.1. The number of hydrogen-bond acceptors (Lipinski definition) is 3. The monoisotopic (exact) mass is 348 g/mol. The van der Waals surface area contributed by atoms with Gasteiger partial charge in [-0.05, 0) is 36.2 Å². The zero-order valence-corrected chi connectivity index (χ0v) is 14.0. The largest absolute Gasteiger partial charge is 0.492 e. The number of halogens is 1. The standard InChI is InChI=1S/C18H21ClN2O3/c19-15-6-4-5-14(13-15)17(22)9-10-20-18(23)21-11-12-24-16-7-2-1-3-8-16/h1-8,13,17,22H,9-12H2,(H2,20,21,23)/t17-/m0/s1. The lowest BCUT2D eigenvalue weighted by Crippen LogP contribution is -2.38. The third-order valence-corrected chi connectivity index (χ3v) is 3.57. The van der Waals surface area contributed by atoms with Crippen molar-refractivity contribution >= 4 is 17.6 Å². The van der Waals surface area contributed by atoms with Crippen LogP contribution in [0.2, 0.25) is 5.02 Å². The van der Waals surface area contributed by atoms with Crippen LogP contribution in [0.25, 0.3) is 0 Å². The van der Waals surface area contributed by atoms with Crippen LogP contribution < -0.4 is 15.4 Å². The maximum atomic E-state index is 11.6. The molecule has 0 spiro atoms. The number of nitrogens with one attached hydrogen (secondary N) is 2. The molecular formula is C18H21ClN2O3. The molecule has 3 N–H and O–H groups in total. The number of aliphatic hydroxyl groups is 1. The first-order valence-electron chi connectivity index (χ1n) is 7.78. The zero-order valence-electron chi connectivity index (χ0n) is 13.2. The summed E-state index contributed by atoms with van der Waals surface area (Å²) in [5.41, 5.74) is 0.737. The number of rotatable bonds is 8. The minimum atomic E-state index is -0.662. The van der Waals surface area contributed by atoms with Crippen molar-refractivity contribution in [2.75, 3.05) is 19.7 Å². The second-order valence-corrected chi connectivity index (χ2v) is 5.64. The molecule has 2 amide bonds. The van der Waals surface area contributed by atoms with Gasteiger partial charge in [0.1, 0.15) is 12.4 Å². The lowest BCUT2D eigenvalue weighted by molar-refractivity contribution is 0.166. The van der Waals surface area contributed by atoms with Gasteiger partial charge >= 0.3 is 6.03 Å². The average molecular weight is 349 g/mol. The average Bonchev–Trinajstić information content (AvgIpc) is 2.59.